The van der Waals surface area contributed by atoms with E-state index in [4.69, 9.17) is 5.73 Å². The lowest BCUT2D eigenvalue weighted by Gasteiger charge is -2.34. The first-order valence-electron chi connectivity index (χ1n) is 8.79. The Bertz CT molecular complexity index is 822. The number of anilines is 3. The van der Waals surface area contributed by atoms with Crippen molar-refractivity contribution in [2.45, 2.75) is 13.0 Å². The lowest BCUT2D eigenvalue weighted by atomic mass is 9.99. The highest BCUT2D eigenvalue weighted by atomic mass is 79.9. The summed E-state index contributed by atoms with van der Waals surface area (Å²) in [5.74, 6) is 1.80. The molecule has 26 heavy (non-hydrogen) atoms. The molecule has 2 N–H and O–H groups in total. The number of aromatic nitrogens is 2. The van der Waals surface area contributed by atoms with E-state index in [-0.39, 0.29) is 5.82 Å². The van der Waals surface area contributed by atoms with E-state index < -0.39 is 0 Å². The van der Waals surface area contributed by atoms with Gasteiger partial charge >= 0.3 is 0 Å². The average Bonchev–Trinajstić information content (AvgIpc) is 2.62. The van der Waals surface area contributed by atoms with Crippen LogP contribution in [0.3, 0.4) is 0 Å². The van der Waals surface area contributed by atoms with Crippen molar-refractivity contribution in [3.05, 3.63) is 39.6 Å². The second-order valence-corrected chi connectivity index (χ2v) is 7.79. The fourth-order valence-electron chi connectivity index (χ4n) is 3.54. The Kier molecular flexibility index (Phi) is 4.71. The molecule has 2 aliphatic rings. The Morgan fingerprint density at radius 1 is 0.962 bits per heavy atom. The number of nitrogen functional groups attached to an aromatic ring is 1. The van der Waals surface area contributed by atoms with E-state index in [9.17, 15) is 4.39 Å². The van der Waals surface area contributed by atoms with Gasteiger partial charge in [0, 0.05) is 45.3 Å². The Balaban J connectivity index is 1.59. The number of fused-ring (bicyclic) bond motifs is 1. The van der Waals surface area contributed by atoms with Crippen LogP contribution in [0, 0.1) is 5.82 Å². The van der Waals surface area contributed by atoms with Crippen molar-refractivity contribution in [1.82, 2.24) is 14.9 Å². The van der Waals surface area contributed by atoms with Crippen LogP contribution < -0.4 is 15.5 Å². The molecule has 138 valence electrons. The van der Waals surface area contributed by atoms with Crippen molar-refractivity contribution in [3.63, 3.8) is 0 Å². The van der Waals surface area contributed by atoms with E-state index in [1.807, 2.05) is 12.1 Å². The Morgan fingerprint density at radius 2 is 1.65 bits per heavy atom. The molecular formula is C18H22BrFN6. The van der Waals surface area contributed by atoms with E-state index in [1.165, 1.54) is 0 Å². The third-order valence-electron chi connectivity index (χ3n) is 5.12. The second kappa shape index (κ2) is 7.00. The van der Waals surface area contributed by atoms with Crippen molar-refractivity contribution in [2.24, 2.45) is 0 Å². The topological polar surface area (TPSA) is 61.5 Å². The smallest absolute Gasteiger partial charge is 0.223 e. The van der Waals surface area contributed by atoms with Gasteiger partial charge in [-0.25, -0.2) is 4.39 Å². The molecule has 0 amide bonds. The van der Waals surface area contributed by atoms with Crippen molar-refractivity contribution < 1.29 is 4.39 Å². The lowest BCUT2D eigenvalue weighted by Crippen LogP contribution is -2.45. The maximum Gasteiger partial charge on any atom is 0.223 e. The molecule has 0 bridgehead atoms. The number of hydrogen-bond donors (Lipinski definition) is 1. The number of nitrogens with zero attached hydrogens (tertiary/aromatic N) is 5. The second-order valence-electron chi connectivity index (χ2n) is 6.94. The fourth-order valence-corrected chi connectivity index (χ4v) is 3.93. The zero-order chi connectivity index (χ0) is 18.3. The molecule has 3 heterocycles. The van der Waals surface area contributed by atoms with Gasteiger partial charge in [0.15, 0.2) is 0 Å². The first-order chi connectivity index (χ1) is 12.5. The maximum atomic E-state index is 13.8. The Labute approximate surface area is 160 Å². The molecular weight excluding hydrogens is 399 g/mol. The summed E-state index contributed by atoms with van der Waals surface area (Å²) < 4.78 is 14.3. The van der Waals surface area contributed by atoms with Crippen LogP contribution in [-0.4, -0.2) is 54.6 Å². The molecule has 1 saturated heterocycles. The summed E-state index contributed by atoms with van der Waals surface area (Å²) >= 11 is 3.28. The number of piperazine rings is 1. The van der Waals surface area contributed by atoms with E-state index >= 15 is 0 Å². The number of nitrogens with two attached hydrogens (primary N) is 1. The third kappa shape index (κ3) is 3.48. The minimum atomic E-state index is -0.208. The molecule has 1 fully saturated rings. The fraction of sp³-hybridized carbons (Fsp3) is 0.444. The molecule has 2 aliphatic heterocycles. The monoisotopic (exact) mass is 420 g/mol. The number of rotatable bonds is 2. The third-order valence-corrected chi connectivity index (χ3v) is 5.73. The summed E-state index contributed by atoms with van der Waals surface area (Å²) in [5, 5.41) is 0. The van der Waals surface area contributed by atoms with Gasteiger partial charge in [0.2, 0.25) is 5.95 Å². The predicted molar refractivity (Wildman–Crippen MR) is 105 cm³/mol. The van der Waals surface area contributed by atoms with Gasteiger partial charge in [-0.05, 0) is 52.7 Å². The maximum absolute atomic E-state index is 13.8. The van der Waals surface area contributed by atoms with E-state index in [0.717, 1.165) is 61.9 Å². The summed E-state index contributed by atoms with van der Waals surface area (Å²) in [6, 6.07) is 5.51. The van der Waals surface area contributed by atoms with Crippen LogP contribution >= 0.6 is 15.9 Å². The van der Waals surface area contributed by atoms with E-state index in [2.05, 4.69) is 47.6 Å². The number of hydrogen-bond acceptors (Lipinski definition) is 6. The molecule has 4 rings (SSSR count). The van der Waals surface area contributed by atoms with Gasteiger partial charge in [-0.15, -0.1) is 0 Å². The quantitative estimate of drug-likeness (QED) is 0.803. The first-order valence-corrected chi connectivity index (χ1v) is 9.59. The molecule has 0 unspecified atom stereocenters. The number of halogens is 2. The zero-order valence-electron chi connectivity index (χ0n) is 14.8. The van der Waals surface area contributed by atoms with E-state index in [0.29, 0.717) is 17.0 Å². The van der Waals surface area contributed by atoms with Crippen molar-refractivity contribution in [2.75, 3.05) is 55.3 Å². The van der Waals surface area contributed by atoms with Crippen LogP contribution in [0.15, 0.2) is 22.7 Å². The SMILES string of the molecule is CN1CCN(c2cc(N3CCc4cc(F)c(Br)cc4C3)nc(N)n2)CC1. The highest BCUT2D eigenvalue weighted by Crippen LogP contribution is 2.29. The summed E-state index contributed by atoms with van der Waals surface area (Å²) in [7, 11) is 2.13. The Hall–Kier alpha value is -1.93. The minimum absolute atomic E-state index is 0.208. The van der Waals surface area contributed by atoms with Gasteiger partial charge in [-0.2, -0.15) is 9.97 Å². The summed E-state index contributed by atoms with van der Waals surface area (Å²) in [5.41, 5.74) is 8.17. The van der Waals surface area contributed by atoms with Gasteiger partial charge in [0.1, 0.15) is 17.5 Å². The number of likely N-dealkylation sites (N-methyl/N-ethyl adjacent to an activating group) is 1. The van der Waals surface area contributed by atoms with Crippen molar-refractivity contribution >= 4 is 33.5 Å². The van der Waals surface area contributed by atoms with Crippen LogP contribution in [-0.2, 0) is 13.0 Å². The normalized spacial score (nSPS) is 18.1. The molecule has 0 atom stereocenters. The van der Waals surface area contributed by atoms with Crippen LogP contribution in [0.25, 0.3) is 0 Å². The molecule has 0 aliphatic carbocycles. The van der Waals surface area contributed by atoms with Crippen LogP contribution in [0.4, 0.5) is 22.0 Å². The average molecular weight is 421 g/mol. The molecule has 2 aromatic rings. The van der Waals surface area contributed by atoms with Gasteiger partial charge in [0.05, 0.1) is 4.47 Å². The van der Waals surface area contributed by atoms with Crippen LogP contribution in [0.2, 0.25) is 0 Å². The summed E-state index contributed by atoms with van der Waals surface area (Å²) in [6.07, 6.45) is 0.785. The van der Waals surface area contributed by atoms with Gasteiger partial charge in [-0.3, -0.25) is 0 Å². The van der Waals surface area contributed by atoms with Gasteiger partial charge in [0.25, 0.3) is 0 Å². The first kappa shape index (κ1) is 17.5. The molecule has 1 aromatic heterocycles. The summed E-state index contributed by atoms with van der Waals surface area (Å²) in [4.78, 5) is 15.6. The van der Waals surface area contributed by atoms with Crippen LogP contribution in [0.5, 0.6) is 0 Å². The van der Waals surface area contributed by atoms with Crippen LogP contribution in [0.1, 0.15) is 11.1 Å². The molecule has 0 spiro atoms. The molecule has 0 saturated carbocycles. The molecule has 1 aromatic carbocycles. The van der Waals surface area contributed by atoms with Gasteiger partial charge in [-0.1, -0.05) is 0 Å². The standard InChI is InChI=1S/C18H22BrFN6/c1-24-4-6-25(7-5-24)16-10-17(23-18(21)22-16)26-3-2-12-9-15(20)14(19)8-13(12)11-26/h8-10H,2-7,11H2,1H3,(H2,21,22,23). The number of benzene rings is 1. The molecule has 8 heteroatoms. The minimum Gasteiger partial charge on any atom is -0.368 e. The Morgan fingerprint density at radius 3 is 2.38 bits per heavy atom. The molecule has 6 nitrogen and oxygen atoms in total. The summed E-state index contributed by atoms with van der Waals surface area (Å²) in [6.45, 7) is 5.36. The van der Waals surface area contributed by atoms with Crippen molar-refractivity contribution in [3.8, 4) is 0 Å². The largest absolute Gasteiger partial charge is 0.368 e. The molecule has 0 radical (unpaired) electrons. The van der Waals surface area contributed by atoms with Gasteiger partial charge < -0.3 is 20.4 Å². The zero-order valence-corrected chi connectivity index (χ0v) is 16.3. The highest BCUT2D eigenvalue weighted by molar-refractivity contribution is 9.10. The predicted octanol–water partition coefficient (Wildman–Crippen LogP) is 2.27. The van der Waals surface area contributed by atoms with Crippen molar-refractivity contribution in [1.29, 1.82) is 0 Å². The highest BCUT2D eigenvalue weighted by Gasteiger charge is 2.22. The lowest BCUT2D eigenvalue weighted by molar-refractivity contribution is 0.312. The van der Waals surface area contributed by atoms with E-state index in [1.54, 1.807) is 6.07 Å².